The number of halogens is 1. The van der Waals surface area contributed by atoms with Gasteiger partial charge in [-0.3, -0.25) is 0 Å². The Bertz CT molecular complexity index is 172. The molecule has 0 N–H and O–H groups in total. The molecule has 8 heavy (non-hydrogen) atoms. The van der Waals surface area contributed by atoms with Gasteiger partial charge in [-0.2, -0.15) is 0 Å². The normalized spacial score (nSPS) is 9.75. The summed E-state index contributed by atoms with van der Waals surface area (Å²) >= 11 is 0. The molecule has 0 saturated carbocycles. The quantitative estimate of drug-likeness (QED) is 0.535. The fourth-order valence-corrected chi connectivity index (χ4v) is 0.434. The second-order valence-electron chi connectivity index (χ2n) is 1.43. The second kappa shape index (κ2) is 1.90. The summed E-state index contributed by atoms with van der Waals surface area (Å²) in [5.41, 5.74) is 0.674. The zero-order chi connectivity index (χ0) is 5.98. The van der Waals surface area contributed by atoms with Crippen LogP contribution in [0.15, 0.2) is 6.20 Å². The van der Waals surface area contributed by atoms with Crippen molar-refractivity contribution in [3.63, 3.8) is 0 Å². The molecule has 3 nitrogen and oxygen atoms in total. The lowest BCUT2D eigenvalue weighted by atomic mass is 10.4. The Kier molecular flexibility index (Phi) is 1.24. The molecule has 0 aliphatic heterocycles. The third-order valence-electron chi connectivity index (χ3n) is 0.875. The zero-order valence-corrected chi connectivity index (χ0v) is 4.50. The number of aryl methyl sites for hydroxylation is 1. The first-order chi connectivity index (χ1) is 3.83. The molecule has 0 spiro atoms. The molecule has 0 unspecified atom stereocenters. The van der Waals surface area contributed by atoms with Crippen LogP contribution in [0.4, 0.5) is 4.48 Å². The third kappa shape index (κ3) is 0.828. The standard InChI is InChI=1S/C4H6FN3/c1-2-4-3-6-8(5)7-4/h3H,2H2,1H3. The van der Waals surface area contributed by atoms with E-state index in [4.69, 9.17) is 0 Å². The first kappa shape index (κ1) is 5.21. The maximum absolute atomic E-state index is 11.8. The summed E-state index contributed by atoms with van der Waals surface area (Å²) < 4.78 is 11.8. The summed E-state index contributed by atoms with van der Waals surface area (Å²) in [5, 5.41) is 6.66. The molecular weight excluding hydrogens is 109 g/mol. The van der Waals surface area contributed by atoms with Crippen LogP contribution in [0.3, 0.4) is 0 Å². The van der Waals surface area contributed by atoms with Gasteiger partial charge in [-0.15, -0.1) is 10.2 Å². The lowest BCUT2D eigenvalue weighted by Crippen LogP contribution is -1.86. The SMILES string of the molecule is CCc1cnn(F)n1. The van der Waals surface area contributed by atoms with E-state index >= 15 is 0 Å². The molecule has 1 aromatic rings. The Balaban J connectivity index is 2.84. The van der Waals surface area contributed by atoms with Crippen molar-refractivity contribution < 1.29 is 4.48 Å². The summed E-state index contributed by atoms with van der Waals surface area (Å²) in [7, 11) is 0. The summed E-state index contributed by atoms with van der Waals surface area (Å²) in [4.78, 5) is 0. The average molecular weight is 115 g/mol. The Hall–Kier alpha value is -0.930. The van der Waals surface area contributed by atoms with Crippen molar-refractivity contribution in [2.24, 2.45) is 0 Å². The Morgan fingerprint density at radius 1 is 1.88 bits per heavy atom. The van der Waals surface area contributed by atoms with Crippen molar-refractivity contribution in [2.75, 3.05) is 0 Å². The summed E-state index contributed by atoms with van der Waals surface area (Å²) in [6, 6.07) is 0. The van der Waals surface area contributed by atoms with Gasteiger partial charge in [0, 0.05) is 0 Å². The summed E-state index contributed by atoms with van der Waals surface area (Å²) in [6.45, 7) is 1.89. The molecular formula is C4H6FN3. The number of hydrogen-bond acceptors (Lipinski definition) is 2. The van der Waals surface area contributed by atoms with E-state index in [1.54, 1.807) is 0 Å². The van der Waals surface area contributed by atoms with Crippen LogP contribution in [0.2, 0.25) is 0 Å². The summed E-state index contributed by atoms with van der Waals surface area (Å²) in [6.07, 6.45) is 2.13. The van der Waals surface area contributed by atoms with Gasteiger partial charge in [0.1, 0.15) is 0 Å². The molecule has 0 atom stereocenters. The lowest BCUT2D eigenvalue weighted by molar-refractivity contribution is 0.263. The predicted octanol–water partition coefficient (Wildman–Crippen LogP) is 0.573. The van der Waals surface area contributed by atoms with Crippen molar-refractivity contribution in [3.8, 4) is 0 Å². The molecule has 0 saturated heterocycles. The van der Waals surface area contributed by atoms with Crippen LogP contribution in [0.25, 0.3) is 0 Å². The van der Waals surface area contributed by atoms with Gasteiger partial charge in [0.25, 0.3) is 0 Å². The van der Waals surface area contributed by atoms with Gasteiger partial charge in [-0.05, 0) is 11.4 Å². The van der Waals surface area contributed by atoms with Crippen LogP contribution in [-0.2, 0) is 6.42 Å². The summed E-state index contributed by atoms with van der Waals surface area (Å²) in [5.74, 6) is 0. The van der Waals surface area contributed by atoms with Crippen LogP contribution in [-0.4, -0.2) is 15.2 Å². The minimum absolute atomic E-state index is 0.0683. The van der Waals surface area contributed by atoms with Gasteiger partial charge < -0.3 is 0 Å². The molecule has 0 bridgehead atoms. The maximum Gasteiger partial charge on any atom is 0.0854 e. The second-order valence-corrected chi connectivity index (χ2v) is 1.43. The van der Waals surface area contributed by atoms with E-state index in [1.807, 2.05) is 6.92 Å². The first-order valence-corrected chi connectivity index (χ1v) is 2.40. The van der Waals surface area contributed by atoms with Gasteiger partial charge >= 0.3 is 0 Å². The van der Waals surface area contributed by atoms with Crippen LogP contribution >= 0.6 is 0 Å². The highest BCUT2D eigenvalue weighted by Crippen LogP contribution is 1.89. The van der Waals surface area contributed by atoms with Crippen molar-refractivity contribution in [1.29, 1.82) is 0 Å². The molecule has 0 aliphatic rings. The topological polar surface area (TPSA) is 30.7 Å². The molecule has 0 fully saturated rings. The predicted molar refractivity (Wildman–Crippen MR) is 25.9 cm³/mol. The smallest absolute Gasteiger partial charge is 0.0854 e. The van der Waals surface area contributed by atoms with E-state index in [9.17, 15) is 4.48 Å². The highest BCUT2D eigenvalue weighted by atomic mass is 19.2. The van der Waals surface area contributed by atoms with Crippen LogP contribution in [0.1, 0.15) is 12.6 Å². The van der Waals surface area contributed by atoms with Crippen LogP contribution < -0.4 is 0 Å². The van der Waals surface area contributed by atoms with E-state index in [0.29, 0.717) is 5.69 Å². The first-order valence-electron chi connectivity index (χ1n) is 2.40. The number of rotatable bonds is 1. The van der Waals surface area contributed by atoms with E-state index < -0.39 is 0 Å². The van der Waals surface area contributed by atoms with E-state index in [1.165, 1.54) is 6.20 Å². The Morgan fingerprint density at radius 2 is 2.62 bits per heavy atom. The molecule has 4 heteroatoms. The minimum Gasteiger partial charge on any atom is -0.130 e. The Morgan fingerprint density at radius 3 is 2.88 bits per heavy atom. The molecule has 0 aliphatic carbocycles. The number of nitrogens with zero attached hydrogens (tertiary/aromatic N) is 3. The molecule has 1 aromatic heterocycles. The zero-order valence-electron chi connectivity index (χ0n) is 4.50. The molecule has 1 heterocycles. The van der Waals surface area contributed by atoms with Gasteiger partial charge in [0.15, 0.2) is 0 Å². The average Bonchev–Trinajstić information content (AvgIpc) is 2.14. The van der Waals surface area contributed by atoms with E-state index in [0.717, 1.165) is 6.42 Å². The van der Waals surface area contributed by atoms with E-state index in [2.05, 4.69) is 10.2 Å². The van der Waals surface area contributed by atoms with Crippen molar-refractivity contribution in [1.82, 2.24) is 15.2 Å². The molecule has 0 radical (unpaired) electrons. The van der Waals surface area contributed by atoms with Crippen LogP contribution in [0.5, 0.6) is 0 Å². The fourth-order valence-electron chi connectivity index (χ4n) is 0.434. The van der Waals surface area contributed by atoms with E-state index in [-0.39, 0.29) is 5.02 Å². The Labute approximate surface area is 46.1 Å². The monoisotopic (exact) mass is 115 g/mol. The number of aromatic nitrogens is 3. The third-order valence-corrected chi connectivity index (χ3v) is 0.875. The molecule has 0 aromatic carbocycles. The van der Waals surface area contributed by atoms with Crippen molar-refractivity contribution in [3.05, 3.63) is 11.9 Å². The highest BCUT2D eigenvalue weighted by molar-refractivity contribution is 4.88. The highest BCUT2D eigenvalue weighted by Gasteiger charge is 1.92. The lowest BCUT2D eigenvalue weighted by Gasteiger charge is -1.76. The molecule has 0 amide bonds. The maximum atomic E-state index is 11.8. The number of hydrogen-bond donors (Lipinski definition) is 0. The van der Waals surface area contributed by atoms with Gasteiger partial charge in [-0.1, -0.05) is 11.4 Å². The minimum atomic E-state index is 0.0683. The molecule has 44 valence electrons. The molecule has 1 rings (SSSR count). The van der Waals surface area contributed by atoms with Gasteiger partial charge in [0.05, 0.1) is 11.9 Å². The largest absolute Gasteiger partial charge is 0.130 e. The fraction of sp³-hybridized carbons (Fsp3) is 0.500. The van der Waals surface area contributed by atoms with Crippen LogP contribution in [0, 0.1) is 0 Å². The van der Waals surface area contributed by atoms with Gasteiger partial charge in [-0.25, -0.2) is 0 Å². The van der Waals surface area contributed by atoms with Crippen molar-refractivity contribution >= 4 is 0 Å². The van der Waals surface area contributed by atoms with Gasteiger partial charge in [0.2, 0.25) is 0 Å². The van der Waals surface area contributed by atoms with Crippen molar-refractivity contribution in [2.45, 2.75) is 13.3 Å².